The van der Waals surface area contributed by atoms with Crippen molar-refractivity contribution in [1.82, 2.24) is 15.5 Å². The van der Waals surface area contributed by atoms with Crippen molar-refractivity contribution in [2.75, 3.05) is 11.9 Å². The number of nitrogens with zero attached hydrogens (tertiary/aromatic N) is 2. The monoisotopic (exact) mass is 424 g/mol. The van der Waals surface area contributed by atoms with Gasteiger partial charge in [-0.25, -0.2) is 0 Å². The Kier molecular flexibility index (Phi) is 7.49. The molecule has 1 heterocycles. The van der Waals surface area contributed by atoms with Gasteiger partial charge >= 0.3 is 0 Å². The number of hydrogen-bond donors (Lipinski definition) is 2. The molecule has 1 saturated carbocycles. The van der Waals surface area contributed by atoms with Gasteiger partial charge in [0.2, 0.25) is 16.9 Å². The maximum atomic E-state index is 12.0. The predicted octanol–water partition coefficient (Wildman–Crippen LogP) is 4.12. The van der Waals surface area contributed by atoms with Crippen LogP contribution >= 0.6 is 34.7 Å². The van der Waals surface area contributed by atoms with Gasteiger partial charge in [-0.1, -0.05) is 53.3 Å². The molecule has 2 amide bonds. The normalized spacial score (nSPS) is 13.8. The van der Waals surface area contributed by atoms with Gasteiger partial charge in [-0.2, -0.15) is 0 Å². The van der Waals surface area contributed by atoms with Gasteiger partial charge in [0.05, 0.1) is 0 Å². The molecule has 0 atom stereocenters. The number of benzene rings is 1. The maximum Gasteiger partial charge on any atom is 0.226 e. The topological polar surface area (TPSA) is 84.0 Å². The zero-order valence-corrected chi connectivity index (χ0v) is 17.1. The molecule has 1 fully saturated rings. The molecule has 0 spiro atoms. The Balaban J connectivity index is 1.35. The Labute approximate surface area is 171 Å². The van der Waals surface area contributed by atoms with Crippen molar-refractivity contribution in [3.8, 4) is 0 Å². The van der Waals surface area contributed by atoms with Crippen molar-refractivity contribution in [2.45, 2.75) is 42.2 Å². The summed E-state index contributed by atoms with van der Waals surface area (Å²) in [4.78, 5) is 23.7. The number of hydrogen-bond acceptors (Lipinski definition) is 6. The molecule has 144 valence electrons. The molecule has 2 aromatic rings. The minimum absolute atomic E-state index is 0.0754. The first-order chi connectivity index (χ1) is 13.1. The van der Waals surface area contributed by atoms with E-state index in [0.717, 1.165) is 22.2 Å². The van der Waals surface area contributed by atoms with Gasteiger partial charge in [0.1, 0.15) is 0 Å². The predicted molar refractivity (Wildman–Crippen MR) is 109 cm³/mol. The Morgan fingerprint density at radius 2 is 1.89 bits per heavy atom. The van der Waals surface area contributed by atoms with Gasteiger partial charge in [-0.15, -0.1) is 10.2 Å². The summed E-state index contributed by atoms with van der Waals surface area (Å²) in [5, 5.41) is 14.8. The molecule has 1 aromatic carbocycles. The van der Waals surface area contributed by atoms with Gasteiger partial charge in [0, 0.05) is 30.2 Å². The Hall–Kier alpha value is -1.64. The van der Waals surface area contributed by atoms with Gasteiger partial charge in [0.15, 0.2) is 4.34 Å². The third kappa shape index (κ3) is 6.79. The number of anilines is 1. The van der Waals surface area contributed by atoms with Crippen LogP contribution in [0.5, 0.6) is 0 Å². The summed E-state index contributed by atoms with van der Waals surface area (Å²) in [6, 6.07) is 7.64. The molecule has 1 aromatic heterocycles. The summed E-state index contributed by atoms with van der Waals surface area (Å²) in [5.41, 5.74) is 1.14. The molecule has 0 unspecified atom stereocenters. The Bertz CT molecular complexity index is 778. The fourth-order valence-electron chi connectivity index (χ4n) is 2.50. The highest BCUT2D eigenvalue weighted by molar-refractivity contribution is 8.00. The smallest absolute Gasteiger partial charge is 0.226 e. The van der Waals surface area contributed by atoms with E-state index in [4.69, 9.17) is 11.6 Å². The highest BCUT2D eigenvalue weighted by atomic mass is 35.5. The molecular weight excluding hydrogens is 404 g/mol. The molecule has 9 heteroatoms. The second kappa shape index (κ2) is 10.1. The average Bonchev–Trinajstić information content (AvgIpc) is 3.05. The first kappa shape index (κ1) is 20.1. The largest absolute Gasteiger partial charge is 0.356 e. The molecule has 0 bridgehead atoms. The van der Waals surface area contributed by atoms with Crippen molar-refractivity contribution < 1.29 is 9.59 Å². The zero-order valence-electron chi connectivity index (χ0n) is 14.7. The number of amides is 2. The van der Waals surface area contributed by atoms with Crippen molar-refractivity contribution in [3.63, 3.8) is 0 Å². The quantitative estimate of drug-likeness (QED) is 0.467. The van der Waals surface area contributed by atoms with E-state index in [2.05, 4.69) is 20.8 Å². The standard InChI is InChI=1S/C18H21ClN4O2S2/c19-14-6-4-13(5-7-14)11-26-18-23-22-17(27-18)21-16(25)9-8-15(24)20-10-12-2-1-3-12/h4-7,12H,1-3,8-11H2,(H,20,24)(H,21,22,25). The molecule has 0 aliphatic heterocycles. The number of nitrogens with one attached hydrogen (secondary N) is 2. The first-order valence-electron chi connectivity index (χ1n) is 8.86. The van der Waals surface area contributed by atoms with Crippen LogP contribution in [0.25, 0.3) is 0 Å². The SMILES string of the molecule is O=C(CCC(=O)Nc1nnc(SCc2ccc(Cl)cc2)s1)NCC1CCC1. The molecule has 2 N–H and O–H groups in total. The Morgan fingerprint density at radius 3 is 2.59 bits per heavy atom. The summed E-state index contributed by atoms with van der Waals surface area (Å²) < 4.78 is 0.776. The molecule has 1 aliphatic carbocycles. The highest BCUT2D eigenvalue weighted by Gasteiger charge is 2.18. The molecule has 0 saturated heterocycles. The summed E-state index contributed by atoms with van der Waals surface area (Å²) in [5.74, 6) is 1.07. The van der Waals surface area contributed by atoms with Crippen molar-refractivity contribution in [1.29, 1.82) is 0 Å². The molecule has 1 aliphatic rings. The van der Waals surface area contributed by atoms with E-state index in [-0.39, 0.29) is 24.7 Å². The molecule has 27 heavy (non-hydrogen) atoms. The van der Waals surface area contributed by atoms with Crippen LogP contribution in [-0.4, -0.2) is 28.6 Å². The fourth-order valence-corrected chi connectivity index (χ4v) is 4.35. The summed E-state index contributed by atoms with van der Waals surface area (Å²) in [6.07, 6.45) is 3.97. The van der Waals surface area contributed by atoms with Gasteiger partial charge in [0.25, 0.3) is 0 Å². The minimum atomic E-state index is -0.223. The summed E-state index contributed by atoms with van der Waals surface area (Å²) in [7, 11) is 0. The van der Waals surface area contributed by atoms with Gasteiger partial charge in [-0.3, -0.25) is 9.59 Å². The molecular formula is C18H21ClN4O2S2. The van der Waals surface area contributed by atoms with Gasteiger partial charge < -0.3 is 10.6 Å². The van der Waals surface area contributed by atoms with E-state index >= 15 is 0 Å². The van der Waals surface area contributed by atoms with Crippen LogP contribution in [0.3, 0.4) is 0 Å². The third-order valence-electron chi connectivity index (χ3n) is 4.32. The number of carbonyl (C=O) groups excluding carboxylic acids is 2. The minimum Gasteiger partial charge on any atom is -0.356 e. The second-order valence-electron chi connectivity index (χ2n) is 6.44. The number of rotatable bonds is 9. The Morgan fingerprint density at radius 1 is 1.15 bits per heavy atom. The molecule has 3 rings (SSSR count). The van der Waals surface area contributed by atoms with Crippen molar-refractivity contribution in [2.24, 2.45) is 5.92 Å². The second-order valence-corrected chi connectivity index (χ2v) is 9.07. The van der Waals surface area contributed by atoms with Crippen LogP contribution in [0, 0.1) is 5.92 Å². The van der Waals surface area contributed by atoms with Crippen LogP contribution in [-0.2, 0) is 15.3 Å². The van der Waals surface area contributed by atoms with Crippen LogP contribution in [0.1, 0.15) is 37.7 Å². The van der Waals surface area contributed by atoms with E-state index in [9.17, 15) is 9.59 Å². The summed E-state index contributed by atoms with van der Waals surface area (Å²) >= 11 is 8.75. The van der Waals surface area contributed by atoms with Crippen molar-refractivity contribution in [3.05, 3.63) is 34.9 Å². The lowest BCUT2D eigenvalue weighted by Crippen LogP contribution is -2.32. The molecule has 0 radical (unpaired) electrons. The van der Waals surface area contributed by atoms with Crippen LogP contribution < -0.4 is 10.6 Å². The lowest BCUT2D eigenvalue weighted by Gasteiger charge is -2.25. The first-order valence-corrected chi connectivity index (χ1v) is 11.0. The van der Waals surface area contributed by atoms with E-state index < -0.39 is 0 Å². The van der Waals surface area contributed by atoms with E-state index in [1.807, 2.05) is 24.3 Å². The number of thioether (sulfide) groups is 1. The lowest BCUT2D eigenvalue weighted by molar-refractivity contribution is -0.124. The van der Waals surface area contributed by atoms with Crippen LogP contribution in [0.2, 0.25) is 5.02 Å². The fraction of sp³-hybridized carbons (Fsp3) is 0.444. The van der Waals surface area contributed by atoms with E-state index in [0.29, 0.717) is 16.1 Å². The van der Waals surface area contributed by atoms with Crippen LogP contribution in [0.4, 0.5) is 5.13 Å². The maximum absolute atomic E-state index is 12.0. The van der Waals surface area contributed by atoms with Gasteiger partial charge in [-0.05, 0) is 36.5 Å². The average molecular weight is 425 g/mol. The van der Waals surface area contributed by atoms with E-state index in [1.54, 1.807) is 11.8 Å². The summed E-state index contributed by atoms with van der Waals surface area (Å²) in [6.45, 7) is 0.727. The lowest BCUT2D eigenvalue weighted by atomic mass is 9.85. The van der Waals surface area contributed by atoms with Crippen molar-refractivity contribution >= 4 is 51.6 Å². The third-order valence-corrected chi connectivity index (χ3v) is 6.62. The van der Waals surface area contributed by atoms with Crippen LogP contribution in [0.15, 0.2) is 28.6 Å². The molecule has 6 nitrogen and oxygen atoms in total. The highest BCUT2D eigenvalue weighted by Crippen LogP contribution is 2.28. The van der Waals surface area contributed by atoms with E-state index in [1.165, 1.54) is 30.6 Å². The number of halogens is 1. The number of aromatic nitrogens is 2. The zero-order chi connectivity index (χ0) is 19.1. The number of carbonyl (C=O) groups is 2.